The van der Waals surface area contributed by atoms with E-state index in [2.05, 4.69) is 65.4 Å². The minimum absolute atomic E-state index is 0.102. The Balaban J connectivity index is 4.60. The van der Waals surface area contributed by atoms with Gasteiger partial charge in [-0.15, -0.1) is 0 Å². The van der Waals surface area contributed by atoms with E-state index in [9.17, 15) is 33.8 Å². The van der Waals surface area contributed by atoms with Gasteiger partial charge in [-0.05, 0) is 77.0 Å². The quantitative estimate of drug-likeness (QED) is 0.0166. The molecule has 0 rings (SSSR count). The van der Waals surface area contributed by atoms with Crippen molar-refractivity contribution in [2.45, 2.75) is 193 Å². The molecule has 0 aliphatic rings. The van der Waals surface area contributed by atoms with Gasteiger partial charge < -0.3 is 34.4 Å². The molecule has 62 heavy (non-hydrogen) atoms. The molecule has 0 fully saturated rings. The Kier molecular flexibility index (Phi) is 40.0. The molecule has 0 spiro atoms. The summed E-state index contributed by atoms with van der Waals surface area (Å²) in [6, 6.07) is 0. The Morgan fingerprint density at radius 1 is 0.500 bits per heavy atom. The molecule has 0 aromatic carbocycles. The number of rotatable bonds is 43. The van der Waals surface area contributed by atoms with Crippen molar-refractivity contribution >= 4 is 27.6 Å². The maximum atomic E-state index is 12.7. The predicted octanol–water partition coefficient (Wildman–Crippen LogP) is 11.0. The third-order valence-corrected chi connectivity index (χ3v) is 10.9. The van der Waals surface area contributed by atoms with Gasteiger partial charge in [0.1, 0.15) is 12.7 Å². The highest BCUT2D eigenvalue weighted by Crippen LogP contribution is 2.43. The maximum absolute atomic E-state index is 12.7. The Bertz CT molecular complexity index is 1340. The molecule has 0 heterocycles. The third-order valence-electron chi connectivity index (χ3n) is 9.42. The summed E-state index contributed by atoms with van der Waals surface area (Å²) in [5, 5.41) is 19.5. The van der Waals surface area contributed by atoms with E-state index in [0.29, 0.717) is 25.7 Å². The number of phosphoric acid groups is 2. The number of hydrogen-bond acceptors (Lipinski definition) is 11. The average Bonchev–Trinajstić information content (AvgIpc) is 3.22. The molecular weight excluding hydrogens is 838 g/mol. The largest absolute Gasteiger partial charge is 0.472 e. The highest BCUT2D eigenvalue weighted by atomic mass is 31.2. The molecule has 0 aliphatic heterocycles. The number of hydrogen-bond donors (Lipinski definition) is 5. The van der Waals surface area contributed by atoms with E-state index in [4.69, 9.17) is 23.8 Å². The van der Waals surface area contributed by atoms with Gasteiger partial charge in [0.25, 0.3) is 0 Å². The Labute approximate surface area is 373 Å². The number of allylic oxidation sites excluding steroid dienone is 9. The number of carbonyl (C=O) groups excluding carboxylic acids is 2. The highest BCUT2D eigenvalue weighted by molar-refractivity contribution is 7.47. The summed E-state index contributed by atoms with van der Waals surface area (Å²) in [5.74, 6) is -1.12. The van der Waals surface area contributed by atoms with E-state index >= 15 is 0 Å². The van der Waals surface area contributed by atoms with Gasteiger partial charge >= 0.3 is 27.6 Å². The predicted molar refractivity (Wildman–Crippen MR) is 245 cm³/mol. The number of ether oxygens (including phenoxy) is 2. The molecule has 5 N–H and O–H groups in total. The van der Waals surface area contributed by atoms with Crippen molar-refractivity contribution in [2.24, 2.45) is 0 Å². The van der Waals surface area contributed by atoms with Crippen LogP contribution < -0.4 is 0 Å². The second-order valence-electron chi connectivity index (χ2n) is 15.5. The average molecular weight is 921 g/mol. The molecule has 2 unspecified atom stereocenters. The Morgan fingerprint density at radius 2 is 0.968 bits per heavy atom. The summed E-state index contributed by atoms with van der Waals surface area (Å²) in [4.78, 5) is 52.7. The number of unbranched alkanes of at least 4 members (excludes halogenated alkanes) is 14. The molecule has 0 aromatic rings. The molecule has 0 saturated carbocycles. The molecule has 0 amide bonds. The van der Waals surface area contributed by atoms with E-state index in [1.165, 1.54) is 57.8 Å². The summed E-state index contributed by atoms with van der Waals surface area (Å²) >= 11 is 0. The molecule has 0 aliphatic carbocycles. The van der Waals surface area contributed by atoms with E-state index in [1.54, 1.807) is 0 Å². The Morgan fingerprint density at radius 3 is 1.55 bits per heavy atom. The van der Waals surface area contributed by atoms with Gasteiger partial charge in [-0.2, -0.15) is 0 Å². The van der Waals surface area contributed by atoms with Crippen LogP contribution >= 0.6 is 15.6 Å². The van der Waals surface area contributed by atoms with E-state index < -0.39 is 66.2 Å². The van der Waals surface area contributed by atoms with Gasteiger partial charge in [-0.3, -0.25) is 23.2 Å². The molecule has 0 radical (unpaired) electrons. The van der Waals surface area contributed by atoms with Crippen LogP contribution in [0.25, 0.3) is 0 Å². The van der Waals surface area contributed by atoms with Gasteiger partial charge in [0.05, 0.1) is 25.9 Å². The van der Waals surface area contributed by atoms with Crippen LogP contribution in [0, 0.1) is 0 Å². The molecule has 16 heteroatoms. The first-order valence-electron chi connectivity index (χ1n) is 23.1. The highest BCUT2D eigenvalue weighted by Gasteiger charge is 2.28. The molecule has 0 aromatic heterocycles. The fourth-order valence-corrected chi connectivity index (χ4v) is 7.09. The van der Waals surface area contributed by atoms with Crippen molar-refractivity contribution in [1.82, 2.24) is 0 Å². The van der Waals surface area contributed by atoms with Crippen LogP contribution in [0.4, 0.5) is 0 Å². The van der Waals surface area contributed by atoms with Crippen molar-refractivity contribution in [3.05, 3.63) is 60.8 Å². The van der Waals surface area contributed by atoms with Gasteiger partial charge in [-0.1, -0.05) is 145 Å². The van der Waals surface area contributed by atoms with Crippen LogP contribution in [0.2, 0.25) is 0 Å². The SMILES string of the molecule is CCCCCCCC/C=C\CCCCCCCCCC(=O)O[C@H](COC(=O)CCC/C=C\C/C=C\C/C=C\C/C=C\CC(O)CCC)COP(=O)(O)OC[C@@H](O)COP(=O)(O)O. The summed E-state index contributed by atoms with van der Waals surface area (Å²) in [7, 11) is -9.71. The number of aliphatic hydroxyl groups is 2. The van der Waals surface area contributed by atoms with Crippen LogP contribution in [0.5, 0.6) is 0 Å². The van der Waals surface area contributed by atoms with E-state index in [1.807, 2.05) is 18.2 Å². The smallest absolute Gasteiger partial charge is 0.462 e. The number of carbonyl (C=O) groups is 2. The van der Waals surface area contributed by atoms with Crippen molar-refractivity contribution in [2.75, 3.05) is 26.4 Å². The molecule has 0 saturated heterocycles. The summed E-state index contributed by atoms with van der Waals surface area (Å²) in [5.41, 5.74) is 0. The summed E-state index contributed by atoms with van der Waals surface area (Å²) in [6.45, 7) is 1.49. The van der Waals surface area contributed by atoms with Crippen molar-refractivity contribution < 1.29 is 66.7 Å². The zero-order valence-corrected chi connectivity index (χ0v) is 39.6. The normalized spacial score (nSPS) is 15.0. The van der Waals surface area contributed by atoms with Gasteiger partial charge in [0, 0.05) is 12.8 Å². The third kappa shape index (κ3) is 44.4. The zero-order chi connectivity index (χ0) is 46.0. The van der Waals surface area contributed by atoms with Crippen molar-refractivity contribution in [3.8, 4) is 0 Å². The van der Waals surface area contributed by atoms with Gasteiger partial charge in [-0.25, -0.2) is 9.13 Å². The number of aliphatic hydroxyl groups excluding tert-OH is 2. The fraction of sp³-hybridized carbons (Fsp3) is 0.739. The van der Waals surface area contributed by atoms with Gasteiger partial charge in [0.2, 0.25) is 0 Å². The maximum Gasteiger partial charge on any atom is 0.472 e. The minimum atomic E-state index is -4.88. The first kappa shape index (κ1) is 59.8. The van der Waals surface area contributed by atoms with Crippen molar-refractivity contribution in [1.29, 1.82) is 0 Å². The van der Waals surface area contributed by atoms with Crippen LogP contribution in [0.1, 0.15) is 174 Å². The van der Waals surface area contributed by atoms with Crippen LogP contribution in [-0.4, -0.2) is 81.6 Å². The zero-order valence-electron chi connectivity index (χ0n) is 37.8. The van der Waals surface area contributed by atoms with Crippen LogP contribution in [0.3, 0.4) is 0 Å². The van der Waals surface area contributed by atoms with Crippen molar-refractivity contribution in [3.63, 3.8) is 0 Å². The number of esters is 2. The minimum Gasteiger partial charge on any atom is -0.462 e. The first-order valence-corrected chi connectivity index (χ1v) is 26.1. The second-order valence-corrected chi connectivity index (χ2v) is 18.2. The lowest BCUT2D eigenvalue weighted by Gasteiger charge is -2.20. The lowest BCUT2D eigenvalue weighted by Crippen LogP contribution is -2.30. The monoisotopic (exact) mass is 921 g/mol. The Hall–Kier alpha value is -2.22. The second kappa shape index (κ2) is 41.5. The van der Waals surface area contributed by atoms with Gasteiger partial charge in [0.15, 0.2) is 6.10 Å². The molecule has 0 bridgehead atoms. The summed E-state index contributed by atoms with van der Waals surface area (Å²) < 4.78 is 47.8. The number of phosphoric ester groups is 2. The topological polar surface area (TPSA) is 216 Å². The van der Waals surface area contributed by atoms with E-state index in [-0.39, 0.29) is 18.9 Å². The van der Waals surface area contributed by atoms with E-state index in [0.717, 1.165) is 64.2 Å². The molecular formula is C46H82O14P2. The fourth-order valence-electron chi connectivity index (χ4n) is 5.94. The molecule has 4 atom stereocenters. The summed E-state index contributed by atoms with van der Waals surface area (Å²) in [6.07, 6.45) is 41.3. The lowest BCUT2D eigenvalue weighted by molar-refractivity contribution is -0.161. The molecule has 360 valence electrons. The van der Waals surface area contributed by atoms with Crippen LogP contribution in [-0.2, 0) is 41.8 Å². The lowest BCUT2D eigenvalue weighted by atomic mass is 10.1. The van der Waals surface area contributed by atoms with Crippen LogP contribution in [0.15, 0.2) is 60.8 Å². The first-order chi connectivity index (χ1) is 29.8. The standard InChI is InChI=1S/C46H82O14P2/c1-3-5-6-7-8-9-10-11-12-13-14-17-21-24-27-30-33-37-46(50)60-44(41-59-62(54,55)58-39-43(48)38-57-61(51,52)53)40-56-45(49)36-32-29-26-23-20-18-15-16-19-22-25-28-31-35-42(47)34-4-2/h11-12,15,18-19,22-23,26,28,31,42-44,47-48H,3-10,13-14,16-17,20-21,24-25,27,29-30,32-41H2,1-2H3,(H,54,55)(H2,51,52,53)/b12-11-,18-15-,22-19-,26-23-,31-28-/t42?,43-,44+/m0/s1. The molecule has 14 nitrogen and oxygen atoms in total.